The number of carbonyl (C=O) groups is 1. The van der Waals surface area contributed by atoms with E-state index in [1.165, 1.54) is 6.42 Å². The Morgan fingerprint density at radius 3 is 2.80 bits per heavy atom. The summed E-state index contributed by atoms with van der Waals surface area (Å²) in [7, 11) is 1.93. The summed E-state index contributed by atoms with van der Waals surface area (Å²) in [5, 5.41) is 0. The first kappa shape index (κ1) is 12.4. The van der Waals surface area contributed by atoms with E-state index in [9.17, 15) is 4.79 Å². The molecule has 0 atom stereocenters. The van der Waals surface area contributed by atoms with Crippen molar-refractivity contribution in [2.24, 2.45) is 13.0 Å². The van der Waals surface area contributed by atoms with Crippen molar-refractivity contribution in [2.75, 3.05) is 11.5 Å². The maximum atomic E-state index is 11.7. The van der Waals surface area contributed by atoms with Crippen LogP contribution in [0, 0.1) is 5.92 Å². The second-order valence-corrected chi connectivity index (χ2v) is 5.33. The van der Waals surface area contributed by atoms with E-state index in [0.29, 0.717) is 5.75 Å². The maximum Gasteiger partial charge on any atom is 0.174 e. The molecule has 1 heterocycles. The lowest BCUT2D eigenvalue weighted by atomic mass is 10.2. The van der Waals surface area contributed by atoms with Gasteiger partial charge in [0.05, 0.1) is 5.75 Å². The van der Waals surface area contributed by atoms with Gasteiger partial charge in [-0.3, -0.25) is 4.79 Å². The fourth-order valence-corrected chi connectivity index (χ4v) is 2.37. The summed E-state index contributed by atoms with van der Waals surface area (Å²) >= 11 is 1.73. The van der Waals surface area contributed by atoms with Crippen molar-refractivity contribution in [1.29, 1.82) is 0 Å². The summed E-state index contributed by atoms with van der Waals surface area (Å²) in [6.45, 7) is 4.42. The average molecular weight is 225 g/mol. The molecule has 2 nitrogen and oxygen atoms in total. The van der Waals surface area contributed by atoms with Crippen molar-refractivity contribution in [1.82, 2.24) is 4.57 Å². The van der Waals surface area contributed by atoms with Crippen molar-refractivity contribution < 1.29 is 4.79 Å². The van der Waals surface area contributed by atoms with E-state index in [0.717, 1.165) is 17.2 Å². The van der Waals surface area contributed by atoms with Gasteiger partial charge in [0.25, 0.3) is 0 Å². The van der Waals surface area contributed by atoms with E-state index in [1.54, 1.807) is 11.8 Å². The predicted octanol–water partition coefficient (Wildman–Crippen LogP) is 2.99. The molecule has 0 aromatic carbocycles. The molecule has 0 saturated heterocycles. The Labute approximate surface area is 96.1 Å². The fourth-order valence-electron chi connectivity index (χ4n) is 1.24. The third kappa shape index (κ3) is 4.56. The van der Waals surface area contributed by atoms with Crippen LogP contribution in [0.25, 0.3) is 0 Å². The average Bonchev–Trinajstić information content (AvgIpc) is 2.59. The van der Waals surface area contributed by atoms with Crippen molar-refractivity contribution >= 4 is 17.5 Å². The van der Waals surface area contributed by atoms with Crippen LogP contribution >= 0.6 is 11.8 Å². The molecule has 0 spiro atoms. The van der Waals surface area contributed by atoms with E-state index < -0.39 is 0 Å². The SMILES string of the molecule is CC(C)CCSCC(=O)c1ccn(C)c1. The first-order chi connectivity index (χ1) is 7.09. The highest BCUT2D eigenvalue weighted by atomic mass is 32.2. The minimum Gasteiger partial charge on any atom is -0.357 e. The van der Waals surface area contributed by atoms with Gasteiger partial charge in [-0.05, 0) is 24.2 Å². The van der Waals surface area contributed by atoms with Crippen molar-refractivity contribution in [2.45, 2.75) is 20.3 Å². The Hall–Kier alpha value is -0.700. The van der Waals surface area contributed by atoms with Gasteiger partial charge in [0.2, 0.25) is 0 Å². The van der Waals surface area contributed by atoms with Crippen molar-refractivity contribution in [3.8, 4) is 0 Å². The number of hydrogen-bond donors (Lipinski definition) is 0. The third-order valence-corrected chi connectivity index (χ3v) is 3.22. The summed E-state index contributed by atoms with van der Waals surface area (Å²) in [5.41, 5.74) is 0.828. The first-order valence-corrected chi connectivity index (χ1v) is 6.48. The lowest BCUT2D eigenvalue weighted by molar-refractivity contribution is 0.102. The predicted molar refractivity (Wildman–Crippen MR) is 66.5 cm³/mol. The molecule has 0 unspecified atom stereocenters. The molecule has 84 valence electrons. The van der Waals surface area contributed by atoms with Crippen LogP contribution in [0.1, 0.15) is 30.6 Å². The molecular weight excluding hydrogens is 206 g/mol. The first-order valence-electron chi connectivity index (χ1n) is 5.32. The zero-order valence-electron chi connectivity index (χ0n) is 9.69. The van der Waals surface area contributed by atoms with E-state index in [2.05, 4.69) is 13.8 Å². The van der Waals surface area contributed by atoms with Gasteiger partial charge in [0.15, 0.2) is 5.78 Å². The molecule has 0 radical (unpaired) electrons. The molecule has 0 aliphatic carbocycles. The van der Waals surface area contributed by atoms with E-state index in [4.69, 9.17) is 0 Å². The number of hydrogen-bond acceptors (Lipinski definition) is 2. The Morgan fingerprint density at radius 2 is 2.27 bits per heavy atom. The fraction of sp³-hybridized carbons (Fsp3) is 0.583. The highest BCUT2D eigenvalue weighted by molar-refractivity contribution is 7.99. The van der Waals surface area contributed by atoms with Crippen LogP contribution in [0.5, 0.6) is 0 Å². The number of ketones is 1. The van der Waals surface area contributed by atoms with Crippen LogP contribution in [0.15, 0.2) is 18.5 Å². The molecule has 0 N–H and O–H groups in total. The molecule has 0 bridgehead atoms. The summed E-state index contributed by atoms with van der Waals surface area (Å²) in [4.78, 5) is 11.7. The minimum atomic E-state index is 0.240. The van der Waals surface area contributed by atoms with E-state index in [1.807, 2.05) is 30.1 Å². The third-order valence-electron chi connectivity index (χ3n) is 2.23. The molecule has 3 heteroatoms. The van der Waals surface area contributed by atoms with Crippen LogP contribution in [-0.2, 0) is 7.05 Å². The van der Waals surface area contributed by atoms with Crippen molar-refractivity contribution in [3.05, 3.63) is 24.0 Å². The van der Waals surface area contributed by atoms with Crippen molar-refractivity contribution in [3.63, 3.8) is 0 Å². The van der Waals surface area contributed by atoms with Crippen LogP contribution in [0.3, 0.4) is 0 Å². The summed E-state index contributed by atoms with van der Waals surface area (Å²) in [6, 6.07) is 1.88. The van der Waals surface area contributed by atoms with Crippen LogP contribution in [-0.4, -0.2) is 21.9 Å². The molecule has 0 amide bonds. The quantitative estimate of drug-likeness (QED) is 0.548. The molecule has 1 aromatic heterocycles. The van der Waals surface area contributed by atoms with Gasteiger partial charge >= 0.3 is 0 Å². The molecule has 0 aliphatic rings. The van der Waals surface area contributed by atoms with Gasteiger partial charge in [0, 0.05) is 25.0 Å². The maximum absolute atomic E-state index is 11.7. The molecule has 1 aromatic rings. The molecule has 15 heavy (non-hydrogen) atoms. The Bertz CT molecular complexity index is 317. The topological polar surface area (TPSA) is 22.0 Å². The second kappa shape index (κ2) is 6.01. The number of aromatic nitrogens is 1. The normalized spacial score (nSPS) is 10.9. The van der Waals surface area contributed by atoms with Crippen LogP contribution in [0.2, 0.25) is 0 Å². The Kier molecular flexibility index (Phi) is 4.95. The van der Waals surface area contributed by atoms with Gasteiger partial charge < -0.3 is 4.57 Å². The molecule has 0 saturated carbocycles. The molecule has 0 aliphatic heterocycles. The number of carbonyl (C=O) groups excluding carboxylic acids is 1. The lowest BCUT2D eigenvalue weighted by Gasteiger charge is -2.03. The summed E-state index contributed by atoms with van der Waals surface area (Å²) < 4.78 is 1.91. The van der Waals surface area contributed by atoms with Gasteiger partial charge in [-0.15, -0.1) is 0 Å². The number of Topliss-reactive ketones (excluding diaryl/α,β-unsaturated/α-hetero) is 1. The second-order valence-electron chi connectivity index (χ2n) is 4.22. The summed E-state index contributed by atoms with van der Waals surface area (Å²) in [5.74, 6) is 2.65. The zero-order valence-corrected chi connectivity index (χ0v) is 10.5. The molecule has 0 fully saturated rings. The molecular formula is C12H19NOS. The molecule has 1 rings (SSSR count). The van der Waals surface area contributed by atoms with E-state index in [-0.39, 0.29) is 5.78 Å². The summed E-state index contributed by atoms with van der Waals surface area (Å²) in [6.07, 6.45) is 4.98. The van der Waals surface area contributed by atoms with Crippen LogP contribution in [0.4, 0.5) is 0 Å². The van der Waals surface area contributed by atoms with Gasteiger partial charge in [-0.25, -0.2) is 0 Å². The highest BCUT2D eigenvalue weighted by Gasteiger charge is 2.06. The van der Waals surface area contributed by atoms with Gasteiger partial charge in [0.1, 0.15) is 0 Å². The van der Waals surface area contributed by atoms with Gasteiger partial charge in [-0.1, -0.05) is 13.8 Å². The number of nitrogens with zero attached hydrogens (tertiary/aromatic N) is 1. The van der Waals surface area contributed by atoms with Gasteiger partial charge in [-0.2, -0.15) is 11.8 Å². The smallest absolute Gasteiger partial charge is 0.174 e. The number of aryl methyl sites for hydroxylation is 1. The van der Waals surface area contributed by atoms with Crippen LogP contribution < -0.4 is 0 Å². The Balaban J connectivity index is 2.25. The standard InChI is InChI=1S/C12H19NOS/c1-10(2)5-7-15-9-12(14)11-4-6-13(3)8-11/h4,6,8,10H,5,7,9H2,1-3H3. The van der Waals surface area contributed by atoms with E-state index >= 15 is 0 Å². The number of thioether (sulfide) groups is 1. The lowest BCUT2D eigenvalue weighted by Crippen LogP contribution is -2.02. The zero-order chi connectivity index (χ0) is 11.3. The monoisotopic (exact) mass is 225 g/mol. The Morgan fingerprint density at radius 1 is 1.53 bits per heavy atom. The number of rotatable bonds is 6. The minimum absolute atomic E-state index is 0.240. The largest absolute Gasteiger partial charge is 0.357 e. The highest BCUT2D eigenvalue weighted by Crippen LogP contribution is 2.11.